The maximum atomic E-state index is 12.0. The van der Waals surface area contributed by atoms with Crippen LogP contribution in [0.4, 0.5) is 5.69 Å². The van der Waals surface area contributed by atoms with E-state index in [0.717, 1.165) is 5.56 Å². The summed E-state index contributed by atoms with van der Waals surface area (Å²) in [4.78, 5) is 20.9. The zero-order valence-corrected chi connectivity index (χ0v) is 13.2. The lowest BCUT2D eigenvalue weighted by Crippen LogP contribution is -2.07. The largest absolute Gasteiger partial charge is 0.462 e. The van der Waals surface area contributed by atoms with Crippen LogP contribution >= 0.6 is 23.4 Å². The molecule has 0 bridgehead atoms. The van der Waals surface area contributed by atoms with Gasteiger partial charge in [-0.25, -0.2) is 14.8 Å². The molecule has 0 atom stereocenters. The van der Waals surface area contributed by atoms with E-state index >= 15 is 0 Å². The Morgan fingerprint density at radius 2 is 2.05 bits per heavy atom. The summed E-state index contributed by atoms with van der Waals surface area (Å²) in [6.45, 7) is 3.91. The number of rotatable bonds is 4. The summed E-state index contributed by atoms with van der Waals surface area (Å²) in [5.74, 6) is -0.471. The number of anilines is 1. The number of hydrogen-bond donors (Lipinski definition) is 1. The molecule has 0 aliphatic carbocycles. The molecule has 0 aliphatic rings. The van der Waals surface area contributed by atoms with Crippen LogP contribution in [-0.4, -0.2) is 22.5 Å². The molecule has 0 unspecified atom stereocenters. The van der Waals surface area contributed by atoms with Crippen LogP contribution in [-0.2, 0) is 4.74 Å². The first-order chi connectivity index (χ1) is 10.0. The molecule has 1 heterocycles. The summed E-state index contributed by atoms with van der Waals surface area (Å²) < 4.78 is 5.03. The van der Waals surface area contributed by atoms with Crippen LogP contribution in [0.3, 0.4) is 0 Å². The number of carbonyl (C=O) groups is 1. The van der Waals surface area contributed by atoms with Crippen molar-refractivity contribution in [2.75, 3.05) is 12.3 Å². The normalized spacial score (nSPS) is 10.4. The molecule has 2 rings (SSSR count). The molecule has 0 spiro atoms. The molecule has 1 aromatic carbocycles. The Balaban J connectivity index is 2.41. The summed E-state index contributed by atoms with van der Waals surface area (Å²) in [5, 5.41) is 0.866. The highest BCUT2D eigenvalue weighted by Crippen LogP contribution is 2.36. The van der Waals surface area contributed by atoms with Gasteiger partial charge in [-0.05, 0) is 43.3 Å². The zero-order valence-electron chi connectivity index (χ0n) is 11.6. The van der Waals surface area contributed by atoms with E-state index in [0.29, 0.717) is 26.3 Å². The average Bonchev–Trinajstić information content (AvgIpc) is 2.44. The minimum atomic E-state index is -0.471. The molecule has 21 heavy (non-hydrogen) atoms. The number of carbonyl (C=O) groups excluding carboxylic acids is 1. The number of aryl methyl sites for hydroxylation is 1. The highest BCUT2D eigenvalue weighted by Gasteiger charge is 2.18. The van der Waals surface area contributed by atoms with Gasteiger partial charge in [0.15, 0.2) is 5.16 Å². The van der Waals surface area contributed by atoms with E-state index in [1.807, 2.05) is 6.92 Å². The van der Waals surface area contributed by atoms with Crippen molar-refractivity contribution < 1.29 is 9.53 Å². The molecule has 1 aromatic heterocycles. The molecule has 0 saturated carbocycles. The first-order valence-electron chi connectivity index (χ1n) is 6.24. The Hall–Kier alpha value is -1.79. The Kier molecular flexibility index (Phi) is 5.03. The summed E-state index contributed by atoms with van der Waals surface area (Å²) in [6.07, 6.45) is 3.40. The fourth-order valence-electron chi connectivity index (χ4n) is 1.60. The van der Waals surface area contributed by atoms with Gasteiger partial charge >= 0.3 is 5.97 Å². The van der Waals surface area contributed by atoms with Crippen molar-refractivity contribution in [3.8, 4) is 0 Å². The standard InChI is InChI=1S/C14H14ClN3O2S/c1-3-20-13(19)10-4-9(16)5-11(15)12(10)21-14-17-6-8(2)7-18-14/h4-7H,3,16H2,1-2H3. The minimum Gasteiger partial charge on any atom is -0.462 e. The lowest BCUT2D eigenvalue weighted by atomic mass is 10.2. The molecule has 2 aromatic rings. The highest BCUT2D eigenvalue weighted by atomic mass is 35.5. The Bertz CT molecular complexity index is 662. The van der Waals surface area contributed by atoms with Gasteiger partial charge in [-0.15, -0.1) is 0 Å². The molecule has 7 heteroatoms. The third-order valence-corrected chi connectivity index (χ3v) is 3.96. The van der Waals surface area contributed by atoms with Crippen molar-refractivity contribution in [2.24, 2.45) is 0 Å². The van der Waals surface area contributed by atoms with Gasteiger partial charge in [0.2, 0.25) is 0 Å². The number of aromatic nitrogens is 2. The maximum Gasteiger partial charge on any atom is 0.339 e. The van der Waals surface area contributed by atoms with Crippen LogP contribution in [0.15, 0.2) is 34.6 Å². The number of hydrogen-bond acceptors (Lipinski definition) is 6. The number of nitrogens with zero attached hydrogens (tertiary/aromatic N) is 2. The summed E-state index contributed by atoms with van der Waals surface area (Å²) >= 11 is 7.40. The Labute approximate surface area is 131 Å². The van der Waals surface area contributed by atoms with Crippen LogP contribution in [0.1, 0.15) is 22.8 Å². The second kappa shape index (κ2) is 6.78. The second-order valence-electron chi connectivity index (χ2n) is 4.24. The van der Waals surface area contributed by atoms with Crippen LogP contribution in [0.5, 0.6) is 0 Å². The van der Waals surface area contributed by atoms with E-state index in [1.165, 1.54) is 11.8 Å². The molecule has 5 nitrogen and oxygen atoms in total. The number of esters is 1. The van der Waals surface area contributed by atoms with Crippen molar-refractivity contribution in [1.29, 1.82) is 0 Å². The van der Waals surface area contributed by atoms with Gasteiger partial charge in [0.05, 0.1) is 17.2 Å². The third-order valence-electron chi connectivity index (χ3n) is 2.51. The van der Waals surface area contributed by atoms with Crippen LogP contribution in [0.25, 0.3) is 0 Å². The molecule has 0 fully saturated rings. The van der Waals surface area contributed by atoms with Crippen molar-refractivity contribution in [3.05, 3.63) is 40.7 Å². The Morgan fingerprint density at radius 1 is 1.38 bits per heavy atom. The van der Waals surface area contributed by atoms with E-state index in [-0.39, 0.29) is 6.61 Å². The summed E-state index contributed by atoms with van der Waals surface area (Å²) in [5.41, 5.74) is 7.41. The van der Waals surface area contributed by atoms with Gasteiger partial charge in [-0.2, -0.15) is 0 Å². The topological polar surface area (TPSA) is 78.1 Å². The monoisotopic (exact) mass is 323 g/mol. The fraction of sp³-hybridized carbons (Fsp3) is 0.214. The molecular formula is C14H14ClN3O2S. The lowest BCUT2D eigenvalue weighted by Gasteiger charge is -2.11. The van der Waals surface area contributed by atoms with E-state index in [9.17, 15) is 4.79 Å². The van der Waals surface area contributed by atoms with Crippen LogP contribution in [0.2, 0.25) is 5.02 Å². The molecule has 0 saturated heterocycles. The van der Waals surface area contributed by atoms with Crippen molar-refractivity contribution in [2.45, 2.75) is 23.9 Å². The van der Waals surface area contributed by atoms with Gasteiger partial charge in [0.25, 0.3) is 0 Å². The SMILES string of the molecule is CCOC(=O)c1cc(N)cc(Cl)c1Sc1ncc(C)cn1. The number of nitrogen functional groups attached to an aromatic ring is 1. The number of ether oxygens (including phenoxy) is 1. The summed E-state index contributed by atoms with van der Waals surface area (Å²) in [6, 6.07) is 3.13. The first-order valence-corrected chi connectivity index (χ1v) is 7.43. The van der Waals surface area contributed by atoms with E-state index in [4.69, 9.17) is 22.1 Å². The van der Waals surface area contributed by atoms with Crippen LogP contribution in [0, 0.1) is 6.92 Å². The molecular weight excluding hydrogens is 310 g/mol. The predicted octanol–water partition coefficient (Wildman–Crippen LogP) is 3.35. The lowest BCUT2D eigenvalue weighted by molar-refractivity contribution is 0.0522. The second-order valence-corrected chi connectivity index (χ2v) is 5.63. The van der Waals surface area contributed by atoms with E-state index in [2.05, 4.69) is 9.97 Å². The molecule has 0 amide bonds. The average molecular weight is 324 g/mol. The van der Waals surface area contributed by atoms with Gasteiger partial charge < -0.3 is 10.5 Å². The zero-order chi connectivity index (χ0) is 15.4. The fourth-order valence-corrected chi connectivity index (χ4v) is 2.75. The molecule has 2 N–H and O–H groups in total. The molecule has 0 aliphatic heterocycles. The third kappa shape index (κ3) is 3.86. The van der Waals surface area contributed by atoms with Gasteiger partial charge in [-0.3, -0.25) is 0 Å². The highest BCUT2D eigenvalue weighted by molar-refractivity contribution is 7.99. The quantitative estimate of drug-likeness (QED) is 0.528. The maximum absolute atomic E-state index is 12.0. The minimum absolute atomic E-state index is 0.274. The van der Waals surface area contributed by atoms with E-state index in [1.54, 1.807) is 31.5 Å². The predicted molar refractivity (Wildman–Crippen MR) is 82.7 cm³/mol. The summed E-state index contributed by atoms with van der Waals surface area (Å²) in [7, 11) is 0. The number of halogens is 1. The Morgan fingerprint density at radius 3 is 2.67 bits per heavy atom. The number of benzene rings is 1. The van der Waals surface area contributed by atoms with Crippen molar-refractivity contribution in [1.82, 2.24) is 9.97 Å². The molecule has 0 radical (unpaired) electrons. The molecule has 110 valence electrons. The van der Waals surface area contributed by atoms with Gasteiger partial charge in [-0.1, -0.05) is 11.6 Å². The first kappa shape index (κ1) is 15.6. The van der Waals surface area contributed by atoms with Gasteiger partial charge in [0, 0.05) is 23.0 Å². The number of nitrogens with two attached hydrogens (primary N) is 1. The van der Waals surface area contributed by atoms with Crippen molar-refractivity contribution in [3.63, 3.8) is 0 Å². The van der Waals surface area contributed by atoms with Gasteiger partial charge in [0.1, 0.15) is 0 Å². The van der Waals surface area contributed by atoms with Crippen LogP contribution < -0.4 is 5.73 Å². The van der Waals surface area contributed by atoms with Crippen molar-refractivity contribution >= 4 is 35.0 Å². The van der Waals surface area contributed by atoms with E-state index < -0.39 is 5.97 Å². The smallest absolute Gasteiger partial charge is 0.339 e.